The summed E-state index contributed by atoms with van der Waals surface area (Å²) >= 11 is 0. The fraction of sp³-hybridized carbons (Fsp3) is 0.278. The number of aryl methyl sites for hydroxylation is 1. The number of urea groups is 1. The Kier molecular flexibility index (Phi) is 4.08. The van der Waals surface area contributed by atoms with E-state index in [0.29, 0.717) is 11.3 Å². The van der Waals surface area contributed by atoms with Gasteiger partial charge < -0.3 is 14.5 Å². The number of esters is 1. The van der Waals surface area contributed by atoms with Crippen LogP contribution in [0.5, 0.6) is 0 Å². The topological polar surface area (TPSA) is 88.8 Å². The van der Waals surface area contributed by atoms with Gasteiger partial charge in [-0.25, -0.2) is 9.59 Å². The van der Waals surface area contributed by atoms with Crippen LogP contribution in [0.25, 0.3) is 0 Å². The molecule has 3 amide bonds. The van der Waals surface area contributed by atoms with Crippen LogP contribution >= 0.6 is 0 Å². The first-order valence-corrected chi connectivity index (χ1v) is 7.72. The highest BCUT2D eigenvalue weighted by Gasteiger charge is 2.49. The maximum atomic E-state index is 12.8. The molecule has 7 heteroatoms. The molecule has 7 nitrogen and oxygen atoms in total. The first kappa shape index (κ1) is 16.8. The van der Waals surface area contributed by atoms with E-state index in [4.69, 9.17) is 4.42 Å². The molecule has 2 heterocycles. The molecule has 0 unspecified atom stereocenters. The van der Waals surface area contributed by atoms with Crippen LogP contribution in [-0.2, 0) is 21.6 Å². The van der Waals surface area contributed by atoms with Gasteiger partial charge in [-0.2, -0.15) is 0 Å². The van der Waals surface area contributed by atoms with E-state index < -0.39 is 17.5 Å². The molecular weight excluding hydrogens is 324 g/mol. The van der Waals surface area contributed by atoms with E-state index in [0.717, 1.165) is 10.5 Å². The van der Waals surface area contributed by atoms with Gasteiger partial charge in [0.05, 0.1) is 19.2 Å². The number of nitrogens with one attached hydrogen (secondary N) is 1. The standard InChI is InChI=1S/C18H18N2O5/c1-11-4-6-13(7-5-11)18(2)16(22)20(17(23)19-18)9-14-8-12(10-25-14)15(21)24-3/h4-8,10H,9H2,1-3H3,(H,19,23)/t18-/m1/s1. The maximum Gasteiger partial charge on any atom is 0.341 e. The number of rotatable bonds is 4. The molecule has 2 aromatic rings. The fourth-order valence-electron chi connectivity index (χ4n) is 2.77. The third kappa shape index (κ3) is 2.88. The summed E-state index contributed by atoms with van der Waals surface area (Å²) in [5, 5.41) is 2.73. The molecule has 1 aliphatic heterocycles. The Labute approximate surface area is 144 Å². The van der Waals surface area contributed by atoms with Gasteiger partial charge in [0.25, 0.3) is 5.91 Å². The van der Waals surface area contributed by atoms with Crippen molar-refractivity contribution in [3.63, 3.8) is 0 Å². The number of benzene rings is 1. The number of imide groups is 1. The lowest BCUT2D eigenvalue weighted by atomic mass is 9.91. The van der Waals surface area contributed by atoms with Gasteiger partial charge >= 0.3 is 12.0 Å². The number of methoxy groups -OCH3 is 1. The summed E-state index contributed by atoms with van der Waals surface area (Å²) in [4.78, 5) is 37.7. The van der Waals surface area contributed by atoms with Crippen LogP contribution in [0.1, 0.15) is 34.2 Å². The van der Waals surface area contributed by atoms with Gasteiger partial charge in [0.1, 0.15) is 17.6 Å². The molecule has 0 aliphatic carbocycles. The van der Waals surface area contributed by atoms with Crippen LogP contribution in [-0.4, -0.2) is 29.9 Å². The van der Waals surface area contributed by atoms with E-state index in [-0.39, 0.29) is 18.0 Å². The summed E-state index contributed by atoms with van der Waals surface area (Å²) in [5.74, 6) is -0.605. The Balaban J connectivity index is 1.83. The summed E-state index contributed by atoms with van der Waals surface area (Å²) in [6.45, 7) is 3.55. The number of hydrogen-bond donors (Lipinski definition) is 1. The van der Waals surface area contributed by atoms with E-state index in [1.165, 1.54) is 19.4 Å². The van der Waals surface area contributed by atoms with Crippen LogP contribution in [0.3, 0.4) is 0 Å². The summed E-state index contributed by atoms with van der Waals surface area (Å²) in [6.07, 6.45) is 1.23. The molecule has 0 bridgehead atoms. The highest BCUT2D eigenvalue weighted by molar-refractivity contribution is 6.07. The van der Waals surface area contributed by atoms with Crippen molar-refractivity contribution in [2.75, 3.05) is 7.11 Å². The van der Waals surface area contributed by atoms with Crippen molar-refractivity contribution in [2.45, 2.75) is 25.9 Å². The van der Waals surface area contributed by atoms with E-state index in [9.17, 15) is 14.4 Å². The molecule has 25 heavy (non-hydrogen) atoms. The number of furan rings is 1. The molecular formula is C18H18N2O5. The highest BCUT2D eigenvalue weighted by Crippen LogP contribution is 2.30. The lowest BCUT2D eigenvalue weighted by molar-refractivity contribution is -0.131. The molecule has 3 rings (SSSR count). The third-order valence-electron chi connectivity index (χ3n) is 4.29. The summed E-state index contributed by atoms with van der Waals surface area (Å²) in [5.41, 5.74) is 0.856. The van der Waals surface area contributed by atoms with Crippen LogP contribution in [0, 0.1) is 6.92 Å². The van der Waals surface area contributed by atoms with Gasteiger partial charge in [-0.05, 0) is 25.5 Å². The lowest BCUT2D eigenvalue weighted by Gasteiger charge is -2.22. The molecule has 0 radical (unpaired) electrons. The van der Waals surface area contributed by atoms with E-state index >= 15 is 0 Å². The van der Waals surface area contributed by atoms with Crippen LogP contribution in [0.15, 0.2) is 41.0 Å². The summed E-state index contributed by atoms with van der Waals surface area (Å²) in [6, 6.07) is 8.35. The van der Waals surface area contributed by atoms with Gasteiger partial charge in [-0.3, -0.25) is 9.69 Å². The maximum absolute atomic E-state index is 12.8. The first-order valence-electron chi connectivity index (χ1n) is 7.72. The molecule has 1 aromatic carbocycles. The Morgan fingerprint density at radius 1 is 1.28 bits per heavy atom. The third-order valence-corrected chi connectivity index (χ3v) is 4.29. The zero-order chi connectivity index (χ0) is 18.2. The van der Waals surface area contributed by atoms with Crippen molar-refractivity contribution in [2.24, 2.45) is 0 Å². The number of amides is 3. The summed E-state index contributed by atoms with van der Waals surface area (Å²) in [7, 11) is 1.26. The second-order valence-electron chi connectivity index (χ2n) is 6.11. The minimum absolute atomic E-state index is 0.0664. The quantitative estimate of drug-likeness (QED) is 0.680. The lowest BCUT2D eigenvalue weighted by Crippen LogP contribution is -2.40. The van der Waals surface area contributed by atoms with Crippen LogP contribution in [0.4, 0.5) is 4.79 Å². The van der Waals surface area contributed by atoms with Crippen molar-refractivity contribution in [1.29, 1.82) is 0 Å². The Hall–Kier alpha value is -3.09. The number of carbonyl (C=O) groups is 3. The average Bonchev–Trinajstić information content (AvgIpc) is 3.14. The largest absolute Gasteiger partial charge is 0.467 e. The van der Waals surface area contributed by atoms with Crippen molar-refractivity contribution in [3.8, 4) is 0 Å². The number of nitrogens with zero attached hydrogens (tertiary/aromatic N) is 1. The minimum Gasteiger partial charge on any atom is -0.467 e. The average molecular weight is 342 g/mol. The monoisotopic (exact) mass is 342 g/mol. The van der Waals surface area contributed by atoms with Gasteiger partial charge in [-0.15, -0.1) is 0 Å². The molecule has 1 saturated heterocycles. The number of carbonyl (C=O) groups excluding carboxylic acids is 3. The number of ether oxygens (including phenoxy) is 1. The van der Waals surface area contributed by atoms with Crippen LogP contribution < -0.4 is 5.32 Å². The van der Waals surface area contributed by atoms with E-state index in [1.54, 1.807) is 6.92 Å². The Morgan fingerprint density at radius 2 is 1.96 bits per heavy atom. The zero-order valence-corrected chi connectivity index (χ0v) is 14.2. The molecule has 1 atom stereocenters. The van der Waals surface area contributed by atoms with Gasteiger partial charge in [-0.1, -0.05) is 29.8 Å². The van der Waals surface area contributed by atoms with Gasteiger partial charge in [0.2, 0.25) is 0 Å². The molecule has 1 aromatic heterocycles. The van der Waals surface area contributed by atoms with Gasteiger partial charge in [0.15, 0.2) is 0 Å². The predicted molar refractivity (Wildman–Crippen MR) is 87.7 cm³/mol. The normalized spacial score (nSPS) is 19.9. The predicted octanol–water partition coefficient (Wildman–Crippen LogP) is 2.34. The fourth-order valence-corrected chi connectivity index (χ4v) is 2.77. The first-order chi connectivity index (χ1) is 11.8. The van der Waals surface area contributed by atoms with Gasteiger partial charge in [0, 0.05) is 0 Å². The molecule has 130 valence electrons. The van der Waals surface area contributed by atoms with Crippen molar-refractivity contribution in [3.05, 3.63) is 59.0 Å². The highest BCUT2D eigenvalue weighted by atomic mass is 16.5. The van der Waals surface area contributed by atoms with Crippen molar-refractivity contribution >= 4 is 17.9 Å². The second-order valence-corrected chi connectivity index (χ2v) is 6.11. The zero-order valence-electron chi connectivity index (χ0n) is 14.2. The Morgan fingerprint density at radius 3 is 2.60 bits per heavy atom. The molecule has 1 fully saturated rings. The molecule has 0 spiro atoms. The van der Waals surface area contributed by atoms with E-state index in [2.05, 4.69) is 10.1 Å². The second kappa shape index (κ2) is 6.08. The van der Waals surface area contributed by atoms with Crippen molar-refractivity contribution in [1.82, 2.24) is 10.2 Å². The molecule has 1 N–H and O–H groups in total. The molecule has 1 aliphatic rings. The van der Waals surface area contributed by atoms with Crippen molar-refractivity contribution < 1.29 is 23.5 Å². The molecule has 0 saturated carbocycles. The minimum atomic E-state index is -1.14. The smallest absolute Gasteiger partial charge is 0.341 e. The van der Waals surface area contributed by atoms with E-state index in [1.807, 2.05) is 31.2 Å². The number of hydrogen-bond acceptors (Lipinski definition) is 5. The van der Waals surface area contributed by atoms with Crippen LogP contribution in [0.2, 0.25) is 0 Å². The Bertz CT molecular complexity index is 839. The summed E-state index contributed by atoms with van der Waals surface area (Å²) < 4.78 is 9.86. The SMILES string of the molecule is COC(=O)c1coc(CN2C(=O)N[C@](C)(c3ccc(C)cc3)C2=O)c1.